The van der Waals surface area contributed by atoms with Crippen LogP contribution in [0.25, 0.3) is 0 Å². The van der Waals surface area contributed by atoms with Crippen molar-refractivity contribution >= 4 is 50.1 Å². The molecule has 0 spiro atoms. The Bertz CT molecular complexity index is 980. The van der Waals surface area contributed by atoms with Gasteiger partial charge in [0.1, 0.15) is 34.7 Å². The Morgan fingerprint density at radius 2 is 1.09 bits per heavy atom. The van der Waals surface area contributed by atoms with Gasteiger partial charge in [-0.05, 0) is 52.4 Å². The van der Waals surface area contributed by atoms with E-state index >= 15 is 0 Å². The third kappa shape index (κ3) is 27.1. The van der Waals surface area contributed by atoms with Crippen LogP contribution in [0.2, 0.25) is 0 Å². The topological polar surface area (TPSA) is 214 Å². The van der Waals surface area contributed by atoms with Gasteiger partial charge in [0.25, 0.3) is 0 Å². The molecule has 0 amide bonds. The van der Waals surface area contributed by atoms with Crippen LogP contribution in [-0.2, 0) is 56.2 Å². The third-order valence-electron chi connectivity index (χ3n) is 6.48. The predicted molar refractivity (Wildman–Crippen MR) is 164 cm³/mol. The summed E-state index contributed by atoms with van der Waals surface area (Å²) in [6.07, 6.45) is 1.49. The molecule has 0 fully saturated rings. The zero-order chi connectivity index (χ0) is 34.3. The van der Waals surface area contributed by atoms with Crippen molar-refractivity contribution in [2.45, 2.75) is 104 Å². The fourth-order valence-corrected chi connectivity index (χ4v) is 5.88. The van der Waals surface area contributed by atoms with Crippen LogP contribution in [0.15, 0.2) is 0 Å². The number of hydrogen-bond acceptors (Lipinski definition) is 12. The zero-order valence-corrected chi connectivity index (χ0v) is 28.5. The molecule has 0 aromatic carbocycles. The van der Waals surface area contributed by atoms with E-state index in [2.05, 4.69) is 0 Å². The first kappa shape index (κ1) is 43.2. The van der Waals surface area contributed by atoms with Crippen molar-refractivity contribution in [3.63, 3.8) is 0 Å². The summed E-state index contributed by atoms with van der Waals surface area (Å²) in [6.45, 7) is 4.71. The molecule has 0 aliphatic rings. The molecular weight excluding hydrogens is 634 g/mol. The molecule has 260 valence electrons. The summed E-state index contributed by atoms with van der Waals surface area (Å²) in [6, 6.07) is 0. The van der Waals surface area contributed by atoms with Gasteiger partial charge in [0.15, 0.2) is 0 Å². The van der Waals surface area contributed by atoms with E-state index in [4.69, 9.17) is 18.3 Å². The molecule has 0 aliphatic heterocycles. The largest absolute Gasteiger partial charge is 0.472 e. The van der Waals surface area contributed by atoms with Gasteiger partial charge in [0, 0.05) is 57.9 Å². The van der Waals surface area contributed by atoms with Crippen molar-refractivity contribution in [1.29, 1.82) is 0 Å². The molecule has 0 aliphatic carbocycles. The Hall–Kier alpha value is -1.76. The summed E-state index contributed by atoms with van der Waals surface area (Å²) in [7, 11) is -8.32. The van der Waals surface area contributed by atoms with Gasteiger partial charge in [0.05, 0.1) is 32.7 Å². The van der Waals surface area contributed by atoms with E-state index in [1.54, 1.807) is 0 Å². The Morgan fingerprint density at radius 1 is 0.622 bits per heavy atom. The van der Waals surface area contributed by atoms with Crippen LogP contribution in [0.1, 0.15) is 104 Å². The van der Waals surface area contributed by atoms with E-state index in [0.717, 1.165) is 0 Å². The molecule has 0 saturated carbocycles. The number of hydrogen-bond donors (Lipinski definition) is 2. The van der Waals surface area contributed by atoms with Crippen LogP contribution in [0.3, 0.4) is 0 Å². The SMILES string of the molecule is CCOCC(CCCCP(=O)(O)OCCC(=O)CC(=O)CCC(C)=O)CCCOP(=O)(O)OCCC(=O)CC(=O)CCC(C)=O. The van der Waals surface area contributed by atoms with Crippen LogP contribution in [-0.4, -0.2) is 83.7 Å². The molecular formula is C29H50O14P2. The van der Waals surface area contributed by atoms with Gasteiger partial charge in [-0.3, -0.25) is 32.8 Å². The molecule has 0 radical (unpaired) electrons. The molecule has 3 unspecified atom stereocenters. The maximum Gasteiger partial charge on any atom is 0.472 e. The van der Waals surface area contributed by atoms with Gasteiger partial charge >= 0.3 is 15.4 Å². The number of phosphoric ester groups is 1. The average molecular weight is 685 g/mol. The maximum absolute atomic E-state index is 12.3. The van der Waals surface area contributed by atoms with E-state index in [0.29, 0.717) is 45.3 Å². The summed E-state index contributed by atoms with van der Waals surface area (Å²) in [4.78, 5) is 88.7. The van der Waals surface area contributed by atoms with Gasteiger partial charge in [-0.15, -0.1) is 0 Å². The zero-order valence-electron chi connectivity index (χ0n) is 26.7. The normalized spacial score (nSPS) is 14.7. The summed E-state index contributed by atoms with van der Waals surface area (Å²) in [5.41, 5.74) is 0. The minimum atomic E-state index is -4.40. The highest BCUT2D eigenvalue weighted by Crippen LogP contribution is 2.44. The van der Waals surface area contributed by atoms with Crippen LogP contribution >= 0.6 is 15.4 Å². The van der Waals surface area contributed by atoms with Crippen LogP contribution < -0.4 is 0 Å². The van der Waals surface area contributed by atoms with Crippen LogP contribution in [0, 0.1) is 5.92 Å². The van der Waals surface area contributed by atoms with Gasteiger partial charge < -0.3 is 28.6 Å². The molecule has 0 heterocycles. The van der Waals surface area contributed by atoms with Gasteiger partial charge in [-0.1, -0.05) is 6.42 Å². The number of Topliss-reactive ketones (excluding diaryl/α,β-unsaturated/α-hetero) is 6. The molecule has 0 aromatic rings. The standard InChI is InChI=1S/C29H50O14P2/c1-4-40-22-25(8-5-6-19-44(36,37)41-17-14-28(34)20-26(32)12-10-23(2)30)9-7-16-42-45(38,39)43-18-15-29(35)21-27(33)13-11-24(3)31/h25H,4-22H2,1-3H3,(H,36,37)(H,38,39). The average Bonchev–Trinajstić information content (AvgIpc) is 2.93. The number of rotatable bonds is 31. The highest BCUT2D eigenvalue weighted by Gasteiger charge is 2.23. The van der Waals surface area contributed by atoms with Crippen molar-refractivity contribution in [3.8, 4) is 0 Å². The molecule has 0 saturated heterocycles. The van der Waals surface area contributed by atoms with Crippen molar-refractivity contribution in [2.75, 3.05) is 39.2 Å². The van der Waals surface area contributed by atoms with E-state index in [1.165, 1.54) is 13.8 Å². The predicted octanol–water partition coefficient (Wildman–Crippen LogP) is 4.50. The van der Waals surface area contributed by atoms with E-state index in [1.807, 2.05) is 6.92 Å². The molecule has 16 heteroatoms. The highest BCUT2D eigenvalue weighted by atomic mass is 31.2. The number of unbranched alkanes of at least 4 members (excludes halogenated alkanes) is 1. The third-order valence-corrected chi connectivity index (χ3v) is 8.97. The summed E-state index contributed by atoms with van der Waals surface area (Å²) >= 11 is 0. The smallest absolute Gasteiger partial charge is 0.381 e. The van der Waals surface area contributed by atoms with Gasteiger partial charge in [-0.2, -0.15) is 0 Å². The van der Waals surface area contributed by atoms with Crippen molar-refractivity contribution in [2.24, 2.45) is 5.92 Å². The second kappa shape index (κ2) is 24.4. The first-order chi connectivity index (χ1) is 21.0. The lowest BCUT2D eigenvalue weighted by Crippen LogP contribution is -2.12. The van der Waals surface area contributed by atoms with Crippen molar-refractivity contribution in [1.82, 2.24) is 0 Å². The van der Waals surface area contributed by atoms with E-state index in [9.17, 15) is 47.7 Å². The van der Waals surface area contributed by atoms with Gasteiger partial charge in [-0.25, -0.2) is 4.57 Å². The molecule has 0 bridgehead atoms. The highest BCUT2D eigenvalue weighted by molar-refractivity contribution is 7.52. The number of phosphoric acid groups is 1. The van der Waals surface area contributed by atoms with Crippen LogP contribution in [0.5, 0.6) is 0 Å². The second-order valence-corrected chi connectivity index (χ2v) is 14.3. The Balaban J connectivity index is 4.30. The van der Waals surface area contributed by atoms with Crippen LogP contribution in [0.4, 0.5) is 0 Å². The summed E-state index contributed by atoms with van der Waals surface area (Å²) in [5.74, 6) is -1.85. The number of carbonyl (C=O) groups excluding carboxylic acids is 6. The van der Waals surface area contributed by atoms with E-state index < -0.39 is 33.6 Å². The minimum absolute atomic E-state index is 0.00550. The summed E-state index contributed by atoms with van der Waals surface area (Å²) in [5, 5.41) is 0. The van der Waals surface area contributed by atoms with Gasteiger partial charge in [0.2, 0.25) is 0 Å². The Labute approximate surface area is 265 Å². The summed E-state index contributed by atoms with van der Waals surface area (Å²) < 4.78 is 44.7. The van der Waals surface area contributed by atoms with Crippen molar-refractivity contribution in [3.05, 3.63) is 0 Å². The number of carbonyl (C=O) groups is 6. The lowest BCUT2D eigenvalue weighted by Gasteiger charge is -2.18. The first-order valence-electron chi connectivity index (χ1n) is 15.3. The van der Waals surface area contributed by atoms with E-state index in [-0.39, 0.29) is 99.8 Å². The van der Waals surface area contributed by atoms with Crippen molar-refractivity contribution < 1.29 is 66.0 Å². The quantitative estimate of drug-likeness (QED) is 0.0585. The fourth-order valence-electron chi connectivity index (χ4n) is 4.00. The molecule has 45 heavy (non-hydrogen) atoms. The Morgan fingerprint density at radius 3 is 1.60 bits per heavy atom. The molecule has 14 nitrogen and oxygen atoms in total. The number of ketones is 6. The molecule has 3 atom stereocenters. The second-order valence-electron chi connectivity index (χ2n) is 10.9. The molecule has 0 aromatic heterocycles. The monoisotopic (exact) mass is 684 g/mol. The fraction of sp³-hybridized carbons (Fsp3) is 0.793. The molecule has 2 N–H and O–H groups in total. The lowest BCUT2D eigenvalue weighted by molar-refractivity contribution is -0.129. The molecule has 0 rings (SSSR count). The number of ether oxygens (including phenoxy) is 1. The minimum Gasteiger partial charge on any atom is -0.381 e. The first-order valence-corrected chi connectivity index (χ1v) is 18.5. The Kier molecular flexibility index (Phi) is 23.5. The lowest BCUT2D eigenvalue weighted by atomic mass is 9.98. The maximum atomic E-state index is 12.3.